The van der Waals surface area contributed by atoms with Crippen molar-refractivity contribution in [2.45, 2.75) is 19.9 Å². The number of Topliss-reactive ketones (excluding diaryl/α,β-unsaturated/α-hetero) is 1. The number of anilines is 1. The molecule has 3 aromatic rings. The normalized spacial score (nSPS) is 16.8. The van der Waals surface area contributed by atoms with Crippen molar-refractivity contribution in [3.63, 3.8) is 0 Å². The molecular weight excluding hydrogens is 465 g/mol. The highest BCUT2D eigenvalue weighted by Crippen LogP contribution is 2.44. The number of hydrogen-bond acceptors (Lipinski definition) is 6. The zero-order valence-corrected chi connectivity index (χ0v) is 20.2. The third kappa shape index (κ3) is 4.62. The van der Waals surface area contributed by atoms with E-state index in [9.17, 15) is 19.1 Å². The first-order chi connectivity index (χ1) is 17.4. The van der Waals surface area contributed by atoms with Crippen LogP contribution in [0.5, 0.6) is 17.2 Å². The van der Waals surface area contributed by atoms with Gasteiger partial charge in [0.1, 0.15) is 28.8 Å². The van der Waals surface area contributed by atoms with Gasteiger partial charge in [-0.2, -0.15) is 0 Å². The number of methoxy groups -OCH3 is 1. The van der Waals surface area contributed by atoms with Crippen molar-refractivity contribution in [1.82, 2.24) is 0 Å². The van der Waals surface area contributed by atoms with Gasteiger partial charge in [0.05, 0.1) is 37.5 Å². The van der Waals surface area contributed by atoms with E-state index in [2.05, 4.69) is 0 Å². The summed E-state index contributed by atoms with van der Waals surface area (Å²) in [7, 11) is 1.37. The monoisotopic (exact) mass is 491 g/mol. The van der Waals surface area contributed by atoms with Gasteiger partial charge in [0, 0.05) is 11.8 Å². The van der Waals surface area contributed by atoms with Crippen LogP contribution in [0.3, 0.4) is 0 Å². The van der Waals surface area contributed by atoms with Gasteiger partial charge in [-0.25, -0.2) is 4.39 Å². The Balaban J connectivity index is 1.94. The molecule has 186 valence electrons. The standard InChI is InChI=1S/C28H26FNO6/c1-4-35-20-12-9-17(10-13-20)25-24(26(31)22-15-18(29)11-14-23(22)34-3)27(32)28(33)30(25)19-7-6-8-21(16-19)36-5-2/h6-16,25,31H,4-5H2,1-3H3/b26-24+. The van der Waals surface area contributed by atoms with Crippen LogP contribution in [0, 0.1) is 5.82 Å². The molecule has 1 heterocycles. The Kier molecular flexibility index (Phi) is 7.24. The van der Waals surface area contributed by atoms with Crippen molar-refractivity contribution in [3.05, 3.63) is 89.2 Å². The molecule has 4 rings (SSSR count). The number of hydrogen-bond donors (Lipinski definition) is 1. The van der Waals surface area contributed by atoms with Gasteiger partial charge in [0.15, 0.2) is 0 Å². The summed E-state index contributed by atoms with van der Waals surface area (Å²) in [4.78, 5) is 28.0. The summed E-state index contributed by atoms with van der Waals surface area (Å²) >= 11 is 0. The number of carbonyl (C=O) groups is 2. The Hall–Kier alpha value is -4.33. The molecule has 1 amide bonds. The summed E-state index contributed by atoms with van der Waals surface area (Å²) in [5, 5.41) is 11.3. The van der Waals surface area contributed by atoms with Crippen LogP contribution in [-0.4, -0.2) is 37.1 Å². The van der Waals surface area contributed by atoms with Gasteiger partial charge in [0.25, 0.3) is 11.7 Å². The summed E-state index contributed by atoms with van der Waals surface area (Å²) < 4.78 is 30.5. The molecule has 1 aliphatic heterocycles. The minimum atomic E-state index is -0.995. The maximum atomic E-state index is 14.1. The van der Waals surface area contributed by atoms with E-state index >= 15 is 0 Å². The van der Waals surface area contributed by atoms with E-state index in [1.165, 1.54) is 24.1 Å². The Morgan fingerprint density at radius 1 is 0.944 bits per heavy atom. The lowest BCUT2D eigenvalue weighted by Gasteiger charge is -2.26. The predicted octanol–water partition coefficient (Wildman–Crippen LogP) is 5.26. The van der Waals surface area contributed by atoms with Gasteiger partial charge >= 0.3 is 0 Å². The number of ketones is 1. The van der Waals surface area contributed by atoms with E-state index in [0.717, 1.165) is 6.07 Å². The summed E-state index contributed by atoms with van der Waals surface area (Å²) in [5.74, 6) is -1.61. The highest BCUT2D eigenvalue weighted by Gasteiger charge is 2.47. The maximum absolute atomic E-state index is 14.1. The predicted molar refractivity (Wildman–Crippen MR) is 133 cm³/mol. The van der Waals surface area contributed by atoms with Crippen LogP contribution in [-0.2, 0) is 9.59 Å². The van der Waals surface area contributed by atoms with Gasteiger partial charge in [-0.3, -0.25) is 14.5 Å². The van der Waals surface area contributed by atoms with E-state index in [0.29, 0.717) is 36.0 Å². The van der Waals surface area contributed by atoms with Crippen molar-refractivity contribution < 1.29 is 33.3 Å². The van der Waals surface area contributed by atoms with Crippen LogP contribution in [0.4, 0.5) is 10.1 Å². The third-order valence-corrected chi connectivity index (χ3v) is 5.77. The highest BCUT2D eigenvalue weighted by atomic mass is 19.1. The fraction of sp³-hybridized carbons (Fsp3) is 0.214. The second-order valence-electron chi connectivity index (χ2n) is 7.95. The lowest BCUT2D eigenvalue weighted by Crippen LogP contribution is -2.29. The molecule has 1 atom stereocenters. The van der Waals surface area contributed by atoms with Crippen molar-refractivity contribution in [2.75, 3.05) is 25.2 Å². The molecule has 0 bridgehead atoms. The zero-order valence-electron chi connectivity index (χ0n) is 20.2. The average Bonchev–Trinajstić information content (AvgIpc) is 3.15. The molecule has 1 fully saturated rings. The summed E-state index contributed by atoms with van der Waals surface area (Å²) in [6.07, 6.45) is 0. The summed E-state index contributed by atoms with van der Waals surface area (Å²) in [6, 6.07) is 16.3. The average molecular weight is 492 g/mol. The Labute approximate surface area is 208 Å². The van der Waals surface area contributed by atoms with Crippen LogP contribution in [0.25, 0.3) is 5.76 Å². The summed E-state index contributed by atoms with van der Waals surface area (Å²) in [6.45, 7) is 4.59. The molecule has 0 saturated carbocycles. The Bertz CT molecular complexity index is 1320. The summed E-state index contributed by atoms with van der Waals surface area (Å²) in [5.41, 5.74) is 0.743. The number of rotatable bonds is 8. The number of benzene rings is 3. The molecule has 1 aliphatic rings. The van der Waals surface area contributed by atoms with E-state index < -0.39 is 29.3 Å². The van der Waals surface area contributed by atoms with Gasteiger partial charge < -0.3 is 19.3 Å². The third-order valence-electron chi connectivity index (χ3n) is 5.77. The smallest absolute Gasteiger partial charge is 0.300 e. The quantitative estimate of drug-likeness (QED) is 0.263. The number of aliphatic hydroxyl groups excluding tert-OH is 1. The SMILES string of the molecule is CCOc1ccc(C2/C(=C(\O)c3cc(F)ccc3OC)C(=O)C(=O)N2c2cccc(OCC)c2)cc1. The second kappa shape index (κ2) is 10.5. The first-order valence-electron chi connectivity index (χ1n) is 11.5. The van der Waals surface area contributed by atoms with Gasteiger partial charge in [-0.1, -0.05) is 18.2 Å². The molecule has 0 radical (unpaired) electrons. The van der Waals surface area contributed by atoms with E-state index in [1.54, 1.807) is 48.5 Å². The van der Waals surface area contributed by atoms with Crippen molar-refractivity contribution in [2.24, 2.45) is 0 Å². The van der Waals surface area contributed by atoms with Crippen LogP contribution < -0.4 is 19.1 Å². The number of amides is 1. The Morgan fingerprint density at radius 3 is 2.31 bits per heavy atom. The van der Waals surface area contributed by atoms with E-state index in [4.69, 9.17) is 14.2 Å². The van der Waals surface area contributed by atoms with E-state index in [1.807, 2.05) is 13.8 Å². The second-order valence-corrected chi connectivity index (χ2v) is 7.95. The van der Waals surface area contributed by atoms with Crippen LogP contribution in [0.1, 0.15) is 31.0 Å². The molecule has 3 aromatic carbocycles. The van der Waals surface area contributed by atoms with E-state index in [-0.39, 0.29) is 16.9 Å². The van der Waals surface area contributed by atoms with Crippen molar-refractivity contribution >= 4 is 23.1 Å². The molecule has 1 saturated heterocycles. The molecule has 0 aromatic heterocycles. The van der Waals surface area contributed by atoms with Crippen LogP contribution in [0.2, 0.25) is 0 Å². The lowest BCUT2D eigenvalue weighted by atomic mass is 9.94. The molecule has 0 spiro atoms. The van der Waals surface area contributed by atoms with Gasteiger partial charge in [-0.05, 0) is 61.9 Å². The lowest BCUT2D eigenvalue weighted by molar-refractivity contribution is -0.132. The molecular formula is C28H26FNO6. The molecule has 7 nitrogen and oxygen atoms in total. The molecule has 1 unspecified atom stereocenters. The molecule has 0 aliphatic carbocycles. The number of aliphatic hydroxyl groups is 1. The fourth-order valence-electron chi connectivity index (χ4n) is 4.23. The number of nitrogens with zero attached hydrogens (tertiary/aromatic N) is 1. The number of ether oxygens (including phenoxy) is 3. The molecule has 8 heteroatoms. The molecule has 36 heavy (non-hydrogen) atoms. The first kappa shape index (κ1) is 24.8. The largest absolute Gasteiger partial charge is 0.507 e. The first-order valence-corrected chi connectivity index (χ1v) is 11.5. The number of carbonyl (C=O) groups excluding carboxylic acids is 2. The topological polar surface area (TPSA) is 85.3 Å². The minimum absolute atomic E-state index is 0.0329. The van der Waals surface area contributed by atoms with Crippen molar-refractivity contribution in [1.29, 1.82) is 0 Å². The van der Waals surface area contributed by atoms with Crippen LogP contribution in [0.15, 0.2) is 72.3 Å². The highest BCUT2D eigenvalue weighted by molar-refractivity contribution is 6.51. The van der Waals surface area contributed by atoms with Gasteiger partial charge in [0.2, 0.25) is 0 Å². The van der Waals surface area contributed by atoms with Gasteiger partial charge in [-0.15, -0.1) is 0 Å². The Morgan fingerprint density at radius 2 is 1.64 bits per heavy atom. The molecule has 1 N–H and O–H groups in total. The fourth-order valence-corrected chi connectivity index (χ4v) is 4.23. The van der Waals surface area contributed by atoms with Crippen molar-refractivity contribution in [3.8, 4) is 17.2 Å². The maximum Gasteiger partial charge on any atom is 0.300 e. The van der Waals surface area contributed by atoms with Crippen LogP contribution >= 0.6 is 0 Å². The zero-order chi connectivity index (χ0) is 25.8. The number of halogens is 1. The minimum Gasteiger partial charge on any atom is -0.507 e.